The van der Waals surface area contributed by atoms with Crippen LogP contribution >= 0.6 is 0 Å². The first kappa shape index (κ1) is 18.7. The van der Waals surface area contributed by atoms with Crippen molar-refractivity contribution in [1.82, 2.24) is 4.90 Å². The van der Waals surface area contributed by atoms with Gasteiger partial charge in [-0.2, -0.15) is 0 Å². The molecule has 4 nitrogen and oxygen atoms in total. The molecule has 1 amide bonds. The standard InChI is InChI=1S/C23H24N2O2/c1-25(16-19-8-4-2-5-9-19)17-23(26)24-21-12-14-22(15-13-21)27-18-20-10-6-3-7-11-20/h2-15H,16-18H2,1H3,(H,24,26). The van der Waals surface area contributed by atoms with Crippen LogP contribution in [0.5, 0.6) is 5.75 Å². The van der Waals surface area contributed by atoms with E-state index in [1.807, 2.05) is 84.7 Å². The number of carbonyl (C=O) groups is 1. The number of amides is 1. The second kappa shape index (κ2) is 9.55. The summed E-state index contributed by atoms with van der Waals surface area (Å²) in [4.78, 5) is 14.2. The zero-order valence-electron chi connectivity index (χ0n) is 15.5. The van der Waals surface area contributed by atoms with E-state index in [0.29, 0.717) is 13.2 Å². The van der Waals surface area contributed by atoms with E-state index in [2.05, 4.69) is 17.4 Å². The van der Waals surface area contributed by atoms with Gasteiger partial charge in [0.05, 0.1) is 6.54 Å². The Morgan fingerprint density at radius 3 is 2.07 bits per heavy atom. The number of ether oxygens (including phenoxy) is 1. The van der Waals surface area contributed by atoms with Crippen molar-refractivity contribution in [3.63, 3.8) is 0 Å². The number of nitrogens with zero attached hydrogens (tertiary/aromatic N) is 1. The maximum Gasteiger partial charge on any atom is 0.238 e. The van der Waals surface area contributed by atoms with Crippen molar-refractivity contribution in [3.05, 3.63) is 96.1 Å². The first-order valence-electron chi connectivity index (χ1n) is 8.98. The molecule has 0 radical (unpaired) electrons. The zero-order chi connectivity index (χ0) is 18.9. The summed E-state index contributed by atoms with van der Waals surface area (Å²) in [5.41, 5.74) is 3.07. The molecule has 1 N–H and O–H groups in total. The van der Waals surface area contributed by atoms with Crippen LogP contribution in [0.15, 0.2) is 84.9 Å². The van der Waals surface area contributed by atoms with E-state index in [-0.39, 0.29) is 5.91 Å². The molecule has 3 rings (SSSR count). The van der Waals surface area contributed by atoms with Crippen molar-refractivity contribution >= 4 is 11.6 Å². The van der Waals surface area contributed by atoms with E-state index in [1.165, 1.54) is 5.56 Å². The Kier molecular flexibility index (Phi) is 6.61. The molecular weight excluding hydrogens is 336 g/mol. The minimum Gasteiger partial charge on any atom is -0.489 e. The highest BCUT2D eigenvalue weighted by Gasteiger charge is 2.08. The fourth-order valence-corrected chi connectivity index (χ4v) is 2.77. The molecule has 0 saturated carbocycles. The molecule has 0 heterocycles. The Hall–Kier alpha value is -3.11. The molecule has 0 aromatic heterocycles. The van der Waals surface area contributed by atoms with Crippen molar-refractivity contribution in [1.29, 1.82) is 0 Å². The van der Waals surface area contributed by atoms with Crippen LogP contribution < -0.4 is 10.1 Å². The van der Waals surface area contributed by atoms with Gasteiger partial charge in [0, 0.05) is 12.2 Å². The molecule has 0 aliphatic carbocycles. The lowest BCUT2D eigenvalue weighted by Crippen LogP contribution is -2.29. The van der Waals surface area contributed by atoms with Gasteiger partial charge in [-0.3, -0.25) is 9.69 Å². The first-order valence-corrected chi connectivity index (χ1v) is 8.98. The normalized spacial score (nSPS) is 10.6. The van der Waals surface area contributed by atoms with Crippen LogP contribution in [0.25, 0.3) is 0 Å². The van der Waals surface area contributed by atoms with Crippen molar-refractivity contribution < 1.29 is 9.53 Å². The van der Waals surface area contributed by atoms with Crippen LogP contribution in [0.3, 0.4) is 0 Å². The van der Waals surface area contributed by atoms with E-state index in [0.717, 1.165) is 23.5 Å². The molecule has 0 unspecified atom stereocenters. The van der Waals surface area contributed by atoms with Crippen LogP contribution in [0.1, 0.15) is 11.1 Å². The minimum atomic E-state index is -0.0358. The van der Waals surface area contributed by atoms with Crippen molar-refractivity contribution in [2.45, 2.75) is 13.2 Å². The van der Waals surface area contributed by atoms with Gasteiger partial charge in [0.25, 0.3) is 0 Å². The Morgan fingerprint density at radius 1 is 0.852 bits per heavy atom. The third-order valence-electron chi connectivity index (χ3n) is 4.10. The average molecular weight is 360 g/mol. The van der Waals surface area contributed by atoms with Gasteiger partial charge >= 0.3 is 0 Å². The molecule has 0 bridgehead atoms. The van der Waals surface area contributed by atoms with Crippen molar-refractivity contribution in [2.24, 2.45) is 0 Å². The highest BCUT2D eigenvalue weighted by molar-refractivity contribution is 5.92. The van der Waals surface area contributed by atoms with Crippen LogP contribution in [0.4, 0.5) is 5.69 Å². The number of carbonyl (C=O) groups excluding carboxylic acids is 1. The largest absolute Gasteiger partial charge is 0.489 e. The Balaban J connectivity index is 1.45. The highest BCUT2D eigenvalue weighted by Crippen LogP contribution is 2.17. The number of hydrogen-bond acceptors (Lipinski definition) is 3. The molecule has 0 aliphatic heterocycles. The summed E-state index contributed by atoms with van der Waals surface area (Å²) < 4.78 is 5.76. The molecule has 4 heteroatoms. The summed E-state index contributed by atoms with van der Waals surface area (Å²) in [6, 6.07) is 27.6. The summed E-state index contributed by atoms with van der Waals surface area (Å²) in [6.45, 7) is 1.60. The smallest absolute Gasteiger partial charge is 0.238 e. The summed E-state index contributed by atoms with van der Waals surface area (Å²) in [6.07, 6.45) is 0. The fourth-order valence-electron chi connectivity index (χ4n) is 2.77. The first-order chi connectivity index (χ1) is 13.2. The lowest BCUT2D eigenvalue weighted by molar-refractivity contribution is -0.117. The Morgan fingerprint density at radius 2 is 1.44 bits per heavy atom. The monoisotopic (exact) mass is 360 g/mol. The molecule has 0 atom stereocenters. The van der Waals surface area contributed by atoms with E-state index in [1.54, 1.807) is 0 Å². The van der Waals surface area contributed by atoms with E-state index in [4.69, 9.17) is 4.74 Å². The molecule has 27 heavy (non-hydrogen) atoms. The number of likely N-dealkylation sites (N-methyl/N-ethyl adjacent to an activating group) is 1. The maximum atomic E-state index is 12.2. The second-order valence-corrected chi connectivity index (χ2v) is 6.50. The minimum absolute atomic E-state index is 0.0358. The van der Waals surface area contributed by atoms with E-state index >= 15 is 0 Å². The van der Waals surface area contributed by atoms with E-state index < -0.39 is 0 Å². The van der Waals surface area contributed by atoms with Crippen LogP contribution in [0.2, 0.25) is 0 Å². The molecule has 3 aromatic carbocycles. The van der Waals surface area contributed by atoms with Crippen molar-refractivity contribution in [2.75, 3.05) is 18.9 Å². The van der Waals surface area contributed by atoms with E-state index in [9.17, 15) is 4.79 Å². The van der Waals surface area contributed by atoms with Crippen LogP contribution in [0, 0.1) is 0 Å². The number of anilines is 1. The molecule has 0 fully saturated rings. The summed E-state index contributed by atoms with van der Waals surface area (Å²) in [5, 5.41) is 2.92. The third kappa shape index (κ3) is 6.28. The highest BCUT2D eigenvalue weighted by atomic mass is 16.5. The summed E-state index contributed by atoms with van der Waals surface area (Å²) in [7, 11) is 1.94. The Labute approximate surface area is 160 Å². The lowest BCUT2D eigenvalue weighted by Gasteiger charge is -2.16. The fraction of sp³-hybridized carbons (Fsp3) is 0.174. The van der Waals surface area contributed by atoms with Gasteiger partial charge in [-0.1, -0.05) is 60.7 Å². The predicted molar refractivity (Wildman–Crippen MR) is 109 cm³/mol. The summed E-state index contributed by atoms with van der Waals surface area (Å²) in [5.74, 6) is 0.740. The number of nitrogens with one attached hydrogen (secondary N) is 1. The molecule has 138 valence electrons. The van der Waals surface area contributed by atoms with Crippen molar-refractivity contribution in [3.8, 4) is 5.75 Å². The third-order valence-corrected chi connectivity index (χ3v) is 4.10. The van der Waals surface area contributed by atoms with Gasteiger partial charge in [0.2, 0.25) is 5.91 Å². The topological polar surface area (TPSA) is 41.6 Å². The molecule has 0 spiro atoms. The lowest BCUT2D eigenvalue weighted by atomic mass is 10.2. The summed E-state index contributed by atoms with van der Waals surface area (Å²) >= 11 is 0. The Bertz CT molecular complexity index is 833. The number of hydrogen-bond donors (Lipinski definition) is 1. The van der Waals surface area contributed by atoms with Gasteiger partial charge < -0.3 is 10.1 Å². The SMILES string of the molecule is CN(CC(=O)Nc1ccc(OCc2ccccc2)cc1)Cc1ccccc1. The predicted octanol–water partition coefficient (Wildman–Crippen LogP) is 4.34. The van der Waals surface area contributed by atoms with Gasteiger partial charge in [0.1, 0.15) is 12.4 Å². The van der Waals surface area contributed by atoms with Gasteiger partial charge in [-0.05, 0) is 42.4 Å². The second-order valence-electron chi connectivity index (χ2n) is 6.50. The maximum absolute atomic E-state index is 12.2. The molecule has 0 aliphatic rings. The van der Waals surface area contributed by atoms with Crippen LogP contribution in [-0.4, -0.2) is 24.4 Å². The molecular formula is C23H24N2O2. The molecule has 0 saturated heterocycles. The van der Waals surface area contributed by atoms with Gasteiger partial charge in [-0.15, -0.1) is 0 Å². The molecule has 3 aromatic rings. The average Bonchev–Trinajstić information content (AvgIpc) is 2.69. The van der Waals surface area contributed by atoms with Gasteiger partial charge in [0.15, 0.2) is 0 Å². The zero-order valence-corrected chi connectivity index (χ0v) is 15.5. The van der Waals surface area contributed by atoms with Gasteiger partial charge in [-0.25, -0.2) is 0 Å². The number of benzene rings is 3. The number of rotatable bonds is 8. The van der Waals surface area contributed by atoms with Crippen LogP contribution in [-0.2, 0) is 17.9 Å². The quantitative estimate of drug-likeness (QED) is 0.650.